The molecule has 0 bridgehead atoms. The van der Waals surface area contributed by atoms with Crippen LogP contribution in [-0.2, 0) is 0 Å². The molecular formula is C11H23F2NO. The summed E-state index contributed by atoms with van der Waals surface area (Å²) in [4.78, 5) is 0. The van der Waals surface area contributed by atoms with Crippen LogP contribution in [0.25, 0.3) is 0 Å². The van der Waals surface area contributed by atoms with E-state index in [4.69, 9.17) is 0 Å². The van der Waals surface area contributed by atoms with Gasteiger partial charge >= 0.3 is 0 Å². The van der Waals surface area contributed by atoms with Gasteiger partial charge in [-0.15, -0.1) is 0 Å². The molecule has 92 valence electrons. The molecule has 2 nitrogen and oxygen atoms in total. The third kappa shape index (κ3) is 6.79. The van der Waals surface area contributed by atoms with E-state index >= 15 is 0 Å². The van der Waals surface area contributed by atoms with Gasteiger partial charge in [-0.2, -0.15) is 0 Å². The number of alkyl halides is 2. The first-order valence-electron chi connectivity index (χ1n) is 5.72. The number of hydrogen-bond donors (Lipinski definition) is 2. The van der Waals surface area contributed by atoms with E-state index in [1.807, 2.05) is 13.8 Å². The lowest BCUT2D eigenvalue weighted by molar-refractivity contribution is -0.0453. The first-order valence-corrected chi connectivity index (χ1v) is 5.72. The molecule has 1 aliphatic heterocycles. The molecule has 0 aromatic rings. The molecule has 1 aliphatic rings. The molecule has 1 heterocycles. The smallest absolute Gasteiger partial charge is 0.245 e. The standard InChI is InChI=1S/C9H17F2NO.C2H6/c1-8(10,11)2-3-9(13)4-6-12-7-5-9;1-2/h12-13H,2-7H2,1H3;1-2H3. The van der Waals surface area contributed by atoms with E-state index in [1.165, 1.54) is 0 Å². The fraction of sp³-hybridized carbons (Fsp3) is 1.00. The number of hydrogen-bond acceptors (Lipinski definition) is 2. The molecule has 15 heavy (non-hydrogen) atoms. The molecule has 0 unspecified atom stereocenters. The van der Waals surface area contributed by atoms with E-state index in [9.17, 15) is 13.9 Å². The topological polar surface area (TPSA) is 32.3 Å². The Kier molecular flexibility index (Phi) is 6.29. The minimum atomic E-state index is -2.65. The molecular weight excluding hydrogens is 200 g/mol. The second kappa shape index (κ2) is 6.38. The van der Waals surface area contributed by atoms with E-state index in [1.54, 1.807) is 0 Å². The van der Waals surface area contributed by atoms with Crippen LogP contribution in [0.15, 0.2) is 0 Å². The lowest BCUT2D eigenvalue weighted by atomic mass is 9.87. The van der Waals surface area contributed by atoms with Gasteiger partial charge in [-0.3, -0.25) is 0 Å². The van der Waals surface area contributed by atoms with Crippen molar-refractivity contribution >= 4 is 0 Å². The summed E-state index contributed by atoms with van der Waals surface area (Å²) in [6, 6.07) is 0. The van der Waals surface area contributed by atoms with Crippen molar-refractivity contribution in [1.29, 1.82) is 0 Å². The predicted molar refractivity (Wildman–Crippen MR) is 58.3 cm³/mol. The van der Waals surface area contributed by atoms with Gasteiger partial charge in [0.05, 0.1) is 5.60 Å². The average Bonchev–Trinajstić information content (AvgIpc) is 2.19. The Bertz CT molecular complexity index is 162. The summed E-state index contributed by atoms with van der Waals surface area (Å²) in [5, 5.41) is 13.0. The Hall–Kier alpha value is -0.220. The number of nitrogens with one attached hydrogen (secondary N) is 1. The molecule has 1 rings (SSSR count). The van der Waals surface area contributed by atoms with Crippen molar-refractivity contribution in [1.82, 2.24) is 5.32 Å². The Balaban J connectivity index is 0.000000921. The normalized spacial score (nSPS) is 20.4. The molecule has 0 amide bonds. The van der Waals surface area contributed by atoms with Gasteiger partial charge in [0.25, 0.3) is 0 Å². The summed E-state index contributed by atoms with van der Waals surface area (Å²) in [5.74, 6) is -2.65. The van der Waals surface area contributed by atoms with Crippen molar-refractivity contribution in [3.63, 3.8) is 0 Å². The zero-order valence-electron chi connectivity index (χ0n) is 9.95. The third-order valence-electron chi connectivity index (χ3n) is 2.56. The van der Waals surface area contributed by atoms with Gasteiger partial charge < -0.3 is 10.4 Å². The van der Waals surface area contributed by atoms with E-state index in [0.29, 0.717) is 12.8 Å². The van der Waals surface area contributed by atoms with Crippen LogP contribution in [0.5, 0.6) is 0 Å². The lowest BCUT2D eigenvalue weighted by Crippen LogP contribution is -2.42. The van der Waals surface area contributed by atoms with Gasteiger partial charge in [0.2, 0.25) is 5.92 Å². The van der Waals surface area contributed by atoms with Crippen molar-refractivity contribution in [3.8, 4) is 0 Å². The average molecular weight is 223 g/mol. The Labute approximate surface area is 91.1 Å². The van der Waals surface area contributed by atoms with Crippen LogP contribution >= 0.6 is 0 Å². The van der Waals surface area contributed by atoms with Crippen LogP contribution in [0, 0.1) is 0 Å². The lowest BCUT2D eigenvalue weighted by Gasteiger charge is -2.33. The summed E-state index contributed by atoms with van der Waals surface area (Å²) in [6.45, 7) is 6.36. The van der Waals surface area contributed by atoms with Crippen LogP contribution in [0.4, 0.5) is 8.78 Å². The van der Waals surface area contributed by atoms with Gasteiger partial charge in [0, 0.05) is 6.42 Å². The van der Waals surface area contributed by atoms with Crippen molar-refractivity contribution in [2.24, 2.45) is 0 Å². The number of rotatable bonds is 3. The van der Waals surface area contributed by atoms with Crippen molar-refractivity contribution in [2.45, 2.75) is 58.0 Å². The number of piperidine rings is 1. The number of aliphatic hydroxyl groups is 1. The summed E-state index contributed by atoms with van der Waals surface area (Å²) in [6.07, 6.45) is 1.16. The molecule has 4 heteroatoms. The highest BCUT2D eigenvalue weighted by Gasteiger charge is 2.32. The largest absolute Gasteiger partial charge is 0.390 e. The van der Waals surface area contributed by atoms with Crippen molar-refractivity contribution in [3.05, 3.63) is 0 Å². The van der Waals surface area contributed by atoms with E-state index in [0.717, 1.165) is 20.0 Å². The highest BCUT2D eigenvalue weighted by atomic mass is 19.3. The highest BCUT2D eigenvalue weighted by molar-refractivity contribution is 4.85. The summed E-state index contributed by atoms with van der Waals surface area (Å²) >= 11 is 0. The first kappa shape index (κ1) is 14.8. The fourth-order valence-corrected chi connectivity index (χ4v) is 1.59. The summed E-state index contributed by atoms with van der Waals surface area (Å²) in [5.41, 5.74) is -0.856. The van der Waals surface area contributed by atoms with Crippen LogP contribution in [0.2, 0.25) is 0 Å². The van der Waals surface area contributed by atoms with Crippen molar-refractivity contribution in [2.75, 3.05) is 13.1 Å². The minimum absolute atomic E-state index is 0.207. The molecule has 0 radical (unpaired) electrons. The van der Waals surface area contributed by atoms with Gasteiger partial charge in [0.1, 0.15) is 0 Å². The molecule has 2 N–H and O–H groups in total. The zero-order chi connectivity index (χ0) is 11.9. The van der Waals surface area contributed by atoms with Gasteiger partial charge in [-0.25, -0.2) is 8.78 Å². The first-order chi connectivity index (χ1) is 6.91. The van der Waals surface area contributed by atoms with Crippen LogP contribution in [-0.4, -0.2) is 29.7 Å². The van der Waals surface area contributed by atoms with Crippen LogP contribution in [0.1, 0.15) is 46.5 Å². The van der Waals surface area contributed by atoms with Gasteiger partial charge in [-0.05, 0) is 39.3 Å². The molecule has 0 aromatic heterocycles. The summed E-state index contributed by atoms with van der Waals surface area (Å²) in [7, 11) is 0. The predicted octanol–water partition coefficient (Wildman–Crippen LogP) is 2.56. The van der Waals surface area contributed by atoms with Crippen molar-refractivity contribution < 1.29 is 13.9 Å². The maximum absolute atomic E-state index is 12.5. The molecule has 0 atom stereocenters. The summed E-state index contributed by atoms with van der Waals surface area (Å²) < 4.78 is 25.0. The molecule has 0 aliphatic carbocycles. The van der Waals surface area contributed by atoms with Gasteiger partial charge in [0.15, 0.2) is 0 Å². The quantitative estimate of drug-likeness (QED) is 0.770. The Morgan fingerprint density at radius 1 is 1.27 bits per heavy atom. The molecule has 0 aromatic carbocycles. The SMILES string of the molecule is CC.CC(F)(F)CCC1(O)CCNCC1. The second-order valence-corrected chi connectivity index (χ2v) is 4.04. The Morgan fingerprint density at radius 3 is 2.13 bits per heavy atom. The molecule has 1 fully saturated rings. The van der Waals surface area contributed by atoms with E-state index < -0.39 is 11.5 Å². The zero-order valence-corrected chi connectivity index (χ0v) is 9.95. The van der Waals surface area contributed by atoms with E-state index in [-0.39, 0.29) is 12.8 Å². The molecule has 0 spiro atoms. The third-order valence-corrected chi connectivity index (χ3v) is 2.56. The second-order valence-electron chi connectivity index (χ2n) is 4.04. The number of halogens is 2. The van der Waals surface area contributed by atoms with E-state index in [2.05, 4.69) is 5.32 Å². The fourth-order valence-electron chi connectivity index (χ4n) is 1.59. The van der Waals surface area contributed by atoms with Crippen LogP contribution in [0.3, 0.4) is 0 Å². The molecule has 1 saturated heterocycles. The minimum Gasteiger partial charge on any atom is -0.390 e. The van der Waals surface area contributed by atoms with Crippen LogP contribution < -0.4 is 5.32 Å². The van der Waals surface area contributed by atoms with Gasteiger partial charge in [-0.1, -0.05) is 13.8 Å². The maximum atomic E-state index is 12.5. The monoisotopic (exact) mass is 223 g/mol. The highest BCUT2D eigenvalue weighted by Crippen LogP contribution is 2.29. The molecule has 0 saturated carbocycles. The Morgan fingerprint density at radius 2 is 1.73 bits per heavy atom. The maximum Gasteiger partial charge on any atom is 0.245 e.